The van der Waals surface area contributed by atoms with Crippen LogP contribution in [0.4, 0.5) is 17.1 Å². The maximum absolute atomic E-state index is 12.8. The number of nitrogens with zero attached hydrogens (tertiary/aromatic N) is 2. The first kappa shape index (κ1) is 19.0. The molecule has 0 fully saturated rings. The first-order valence-corrected chi connectivity index (χ1v) is 9.45. The van der Waals surface area contributed by atoms with Crippen LogP contribution >= 0.6 is 15.9 Å². The molecule has 0 radical (unpaired) electrons. The van der Waals surface area contributed by atoms with Crippen molar-refractivity contribution in [2.75, 3.05) is 18.5 Å². The van der Waals surface area contributed by atoms with E-state index in [9.17, 15) is 24.8 Å². The van der Waals surface area contributed by atoms with E-state index in [0.29, 0.717) is 16.5 Å². The first-order valence-electron chi connectivity index (χ1n) is 8.66. The van der Waals surface area contributed by atoms with Gasteiger partial charge >= 0.3 is 0 Å². The van der Waals surface area contributed by atoms with Crippen molar-refractivity contribution in [3.05, 3.63) is 74.2 Å². The molecule has 3 aromatic rings. The predicted octanol–water partition coefficient (Wildman–Crippen LogP) is 3.84. The van der Waals surface area contributed by atoms with Gasteiger partial charge in [0.25, 0.3) is 17.5 Å². The summed E-state index contributed by atoms with van der Waals surface area (Å²) in [6, 6.07) is 13.1. The number of amides is 2. The Morgan fingerprint density at radius 2 is 1.76 bits per heavy atom. The van der Waals surface area contributed by atoms with Crippen molar-refractivity contribution in [1.29, 1.82) is 0 Å². The molecule has 0 unspecified atom stereocenters. The Morgan fingerprint density at radius 3 is 2.41 bits per heavy atom. The molecule has 0 saturated carbocycles. The summed E-state index contributed by atoms with van der Waals surface area (Å²) >= 11 is 3.34. The lowest BCUT2D eigenvalue weighted by atomic mass is 9.92. The number of hydrogen-bond donors (Lipinski definition) is 2. The Labute approximate surface area is 173 Å². The molecule has 29 heavy (non-hydrogen) atoms. The average Bonchev–Trinajstić information content (AvgIpc) is 2.71. The Balaban J connectivity index is 1.98. The summed E-state index contributed by atoms with van der Waals surface area (Å²) in [7, 11) is 0. The van der Waals surface area contributed by atoms with Crippen molar-refractivity contribution in [2.45, 2.75) is 0 Å². The van der Waals surface area contributed by atoms with Gasteiger partial charge in [-0.1, -0.05) is 28.1 Å². The van der Waals surface area contributed by atoms with Crippen LogP contribution in [0, 0.1) is 10.1 Å². The van der Waals surface area contributed by atoms with Crippen molar-refractivity contribution < 1.29 is 19.6 Å². The lowest BCUT2D eigenvalue weighted by Crippen LogP contribution is -2.42. The third kappa shape index (κ3) is 3.14. The average molecular weight is 456 g/mol. The Hall–Kier alpha value is -3.30. The normalized spacial score (nSPS) is 13.1. The van der Waals surface area contributed by atoms with Crippen LogP contribution in [0.15, 0.2) is 53.0 Å². The zero-order valence-corrected chi connectivity index (χ0v) is 16.5. The monoisotopic (exact) mass is 455 g/mol. The van der Waals surface area contributed by atoms with Gasteiger partial charge in [0.15, 0.2) is 0 Å². The van der Waals surface area contributed by atoms with E-state index in [0.717, 1.165) is 9.37 Å². The highest BCUT2D eigenvalue weighted by Gasteiger charge is 2.35. The predicted molar refractivity (Wildman–Crippen MR) is 110 cm³/mol. The second-order valence-electron chi connectivity index (χ2n) is 6.42. The van der Waals surface area contributed by atoms with Gasteiger partial charge in [0.1, 0.15) is 5.69 Å². The van der Waals surface area contributed by atoms with Gasteiger partial charge in [0.05, 0.1) is 23.6 Å². The van der Waals surface area contributed by atoms with Crippen LogP contribution in [-0.2, 0) is 0 Å². The number of nitro groups is 1. The summed E-state index contributed by atoms with van der Waals surface area (Å²) in [5, 5.41) is 24.8. The highest BCUT2D eigenvalue weighted by Crippen LogP contribution is 2.41. The van der Waals surface area contributed by atoms with Crippen molar-refractivity contribution in [1.82, 2.24) is 4.90 Å². The summed E-state index contributed by atoms with van der Waals surface area (Å²) in [4.78, 5) is 37.7. The van der Waals surface area contributed by atoms with E-state index in [1.807, 2.05) is 0 Å². The molecule has 8 nitrogen and oxygen atoms in total. The van der Waals surface area contributed by atoms with Crippen LogP contribution in [0.5, 0.6) is 0 Å². The van der Waals surface area contributed by atoms with Crippen LogP contribution < -0.4 is 5.32 Å². The maximum atomic E-state index is 12.8. The van der Waals surface area contributed by atoms with Crippen LogP contribution in [-0.4, -0.2) is 39.9 Å². The zero-order valence-electron chi connectivity index (χ0n) is 14.9. The quantitative estimate of drug-likeness (QED) is 0.343. The molecular formula is C20H14BrN3O5. The number of nitrogens with one attached hydrogen (secondary N) is 1. The van der Waals surface area contributed by atoms with E-state index in [1.54, 1.807) is 42.5 Å². The molecule has 1 heterocycles. The minimum Gasteiger partial charge on any atom is -0.395 e. The fourth-order valence-corrected chi connectivity index (χ4v) is 3.72. The van der Waals surface area contributed by atoms with Gasteiger partial charge in [-0.05, 0) is 30.3 Å². The second kappa shape index (κ2) is 7.26. The Kier molecular flexibility index (Phi) is 4.77. The van der Waals surface area contributed by atoms with Crippen molar-refractivity contribution in [2.24, 2.45) is 0 Å². The number of halogens is 1. The van der Waals surface area contributed by atoms with Crippen LogP contribution in [0.25, 0.3) is 10.8 Å². The number of β-amino-alcohol motifs (C(OH)–C–C–N with tert-alkyl or cyclic N) is 1. The highest BCUT2D eigenvalue weighted by atomic mass is 79.9. The number of aliphatic hydroxyl groups is 1. The fourth-order valence-electron chi connectivity index (χ4n) is 3.46. The van der Waals surface area contributed by atoms with Crippen LogP contribution in [0.1, 0.15) is 20.7 Å². The van der Waals surface area contributed by atoms with Gasteiger partial charge < -0.3 is 10.4 Å². The number of aliphatic hydroxyl groups excluding tert-OH is 1. The molecule has 0 atom stereocenters. The van der Waals surface area contributed by atoms with Gasteiger partial charge in [-0.25, -0.2) is 0 Å². The van der Waals surface area contributed by atoms with Gasteiger partial charge in [0, 0.05) is 32.6 Å². The smallest absolute Gasteiger partial charge is 0.294 e. The van der Waals surface area contributed by atoms with Gasteiger partial charge in [-0.3, -0.25) is 24.6 Å². The molecular weight excluding hydrogens is 442 g/mol. The molecule has 0 bridgehead atoms. The maximum Gasteiger partial charge on any atom is 0.294 e. The van der Waals surface area contributed by atoms with E-state index in [4.69, 9.17) is 0 Å². The van der Waals surface area contributed by atoms with E-state index < -0.39 is 23.3 Å². The zero-order chi connectivity index (χ0) is 20.7. The Bertz CT molecular complexity index is 1180. The molecule has 0 saturated heterocycles. The molecule has 0 spiro atoms. The summed E-state index contributed by atoms with van der Waals surface area (Å²) in [6.07, 6.45) is 0. The largest absolute Gasteiger partial charge is 0.395 e. The highest BCUT2D eigenvalue weighted by molar-refractivity contribution is 9.10. The van der Waals surface area contributed by atoms with Gasteiger partial charge in [-0.15, -0.1) is 0 Å². The molecule has 2 N–H and O–H groups in total. The SMILES string of the molecule is O=C1c2cccc3c(Nc4ccc(Br)cc4)c([N+](=O)[O-])cc(c23)C(=O)N1CCO. The summed E-state index contributed by atoms with van der Waals surface area (Å²) < 4.78 is 0.856. The number of carbonyl (C=O) groups excluding carboxylic acids is 2. The van der Waals surface area contributed by atoms with E-state index >= 15 is 0 Å². The minimum absolute atomic E-state index is 0.0664. The van der Waals surface area contributed by atoms with Gasteiger partial charge in [-0.2, -0.15) is 0 Å². The third-order valence-electron chi connectivity index (χ3n) is 4.73. The van der Waals surface area contributed by atoms with Gasteiger partial charge in [0.2, 0.25) is 0 Å². The van der Waals surface area contributed by atoms with E-state index in [-0.39, 0.29) is 29.0 Å². The van der Waals surface area contributed by atoms with E-state index in [1.165, 1.54) is 6.07 Å². The number of rotatable bonds is 5. The molecule has 146 valence electrons. The number of carbonyl (C=O) groups is 2. The molecule has 4 rings (SSSR count). The van der Waals surface area contributed by atoms with Crippen LogP contribution in [0.2, 0.25) is 0 Å². The fraction of sp³-hybridized carbons (Fsp3) is 0.100. The minimum atomic E-state index is -0.661. The number of hydrogen-bond acceptors (Lipinski definition) is 6. The second-order valence-corrected chi connectivity index (χ2v) is 7.34. The molecule has 9 heteroatoms. The van der Waals surface area contributed by atoms with Crippen molar-refractivity contribution >= 4 is 55.6 Å². The molecule has 0 aromatic heterocycles. The topological polar surface area (TPSA) is 113 Å². The number of nitro benzene ring substituents is 1. The molecule has 1 aliphatic heterocycles. The van der Waals surface area contributed by atoms with Crippen molar-refractivity contribution in [3.8, 4) is 0 Å². The lowest BCUT2D eigenvalue weighted by Gasteiger charge is -2.27. The molecule has 2 amide bonds. The first-order chi connectivity index (χ1) is 13.9. The van der Waals surface area contributed by atoms with Crippen LogP contribution in [0.3, 0.4) is 0 Å². The summed E-state index contributed by atoms with van der Waals surface area (Å²) in [5.41, 5.74) is 0.872. The Morgan fingerprint density at radius 1 is 1.07 bits per heavy atom. The lowest BCUT2D eigenvalue weighted by molar-refractivity contribution is -0.383. The summed E-state index contributed by atoms with van der Waals surface area (Å²) in [5.74, 6) is -1.20. The molecule has 0 aliphatic carbocycles. The third-order valence-corrected chi connectivity index (χ3v) is 5.25. The van der Waals surface area contributed by atoms with Crippen molar-refractivity contribution in [3.63, 3.8) is 0 Å². The van der Waals surface area contributed by atoms with E-state index in [2.05, 4.69) is 21.2 Å². The number of anilines is 2. The number of imide groups is 1. The summed E-state index contributed by atoms with van der Waals surface area (Å²) in [6.45, 7) is -0.575. The molecule has 1 aliphatic rings. The standard InChI is InChI=1S/C20H14BrN3O5/c21-11-4-6-12(7-5-11)22-18-13-2-1-3-14-17(13)15(10-16(18)24(28)29)20(27)23(8-9-25)19(14)26/h1-7,10,22,25H,8-9H2. The molecule has 3 aromatic carbocycles. The number of benzene rings is 3.